The number of Topliss-reactive ketones (excluding diaryl/α,β-unsaturated/α-hetero) is 1. The zero-order chi connectivity index (χ0) is 44.3. The number of amides is 2. The lowest BCUT2D eigenvalue weighted by molar-refractivity contribution is -0.121. The van der Waals surface area contributed by atoms with Crippen LogP contribution in [0.15, 0.2) is 59.6 Å². The van der Waals surface area contributed by atoms with Gasteiger partial charge in [-0.15, -0.1) is 0 Å². The van der Waals surface area contributed by atoms with E-state index >= 15 is 0 Å². The summed E-state index contributed by atoms with van der Waals surface area (Å²) in [5, 5.41) is 5.85. The molecule has 13 heteroatoms. The second-order valence-electron chi connectivity index (χ2n) is 17.2. The van der Waals surface area contributed by atoms with Crippen LogP contribution in [0, 0.1) is 12.3 Å². The minimum atomic E-state index is -3.31. The predicted molar refractivity (Wildman–Crippen MR) is 245 cm³/mol. The SMILES string of the molecule is CCN(CCNS(=O)(=O)CC)c1ccc(N=C(C(=O)Nc2cc(NC(=O)CCCOc3ccc(C(C)(C)CC)cc3C(C)(C)CC)ccc2Cl)C(=O)C(C)(C)C)c(C)c1. The fraction of sp³-hybridized carbons (Fsp3) is 0.522. The third-order valence-electron chi connectivity index (χ3n) is 10.9. The Balaban J connectivity index is 1.74. The molecule has 3 aromatic rings. The summed E-state index contributed by atoms with van der Waals surface area (Å²) in [5.41, 5.74) is 3.81. The number of carbonyl (C=O) groups excluding carboxylic acids is 3. The highest BCUT2D eigenvalue weighted by atomic mass is 35.5. The van der Waals surface area contributed by atoms with Gasteiger partial charge in [-0.2, -0.15) is 0 Å². The van der Waals surface area contributed by atoms with Crippen molar-refractivity contribution < 1.29 is 27.5 Å². The Morgan fingerprint density at radius 3 is 2.12 bits per heavy atom. The Morgan fingerprint density at radius 2 is 1.53 bits per heavy atom. The van der Waals surface area contributed by atoms with Crippen LogP contribution < -0.4 is 25.0 Å². The second-order valence-corrected chi connectivity index (χ2v) is 19.7. The molecule has 0 heterocycles. The van der Waals surface area contributed by atoms with Gasteiger partial charge in [0.1, 0.15) is 5.75 Å². The van der Waals surface area contributed by atoms with Gasteiger partial charge in [0.15, 0.2) is 11.5 Å². The third kappa shape index (κ3) is 13.9. The van der Waals surface area contributed by atoms with Crippen LogP contribution in [0.5, 0.6) is 5.75 Å². The average molecular weight is 853 g/mol. The molecule has 3 N–H and O–H groups in total. The number of sulfonamides is 1. The number of halogens is 1. The van der Waals surface area contributed by atoms with Crippen molar-refractivity contribution in [1.82, 2.24) is 4.72 Å². The summed E-state index contributed by atoms with van der Waals surface area (Å²) in [6.07, 6.45) is 2.67. The fourth-order valence-electron chi connectivity index (χ4n) is 6.07. The molecular formula is C46H66ClN5O6S. The first kappa shape index (κ1) is 49.1. The van der Waals surface area contributed by atoms with Gasteiger partial charge in [0, 0.05) is 48.4 Å². The number of aryl methyl sites for hydroxylation is 1. The molecule has 0 aromatic heterocycles. The molecule has 3 rings (SSSR count). The number of benzene rings is 3. The second kappa shape index (κ2) is 20.8. The van der Waals surface area contributed by atoms with E-state index in [0.717, 1.165) is 35.4 Å². The summed E-state index contributed by atoms with van der Waals surface area (Å²) in [5.74, 6) is -0.597. The molecule has 0 saturated carbocycles. The number of ketones is 1. The van der Waals surface area contributed by atoms with Crippen molar-refractivity contribution in [3.05, 3.63) is 76.3 Å². The van der Waals surface area contributed by atoms with Crippen molar-refractivity contribution in [2.45, 2.75) is 120 Å². The van der Waals surface area contributed by atoms with Crippen molar-refractivity contribution in [3.63, 3.8) is 0 Å². The van der Waals surface area contributed by atoms with Crippen LogP contribution in [0.4, 0.5) is 22.7 Å². The summed E-state index contributed by atoms with van der Waals surface area (Å²) < 4.78 is 32.7. The number of ether oxygens (including phenoxy) is 1. The number of anilines is 3. The highest BCUT2D eigenvalue weighted by Crippen LogP contribution is 2.38. The lowest BCUT2D eigenvalue weighted by Crippen LogP contribution is -2.37. The van der Waals surface area contributed by atoms with E-state index in [9.17, 15) is 22.8 Å². The largest absolute Gasteiger partial charge is 0.493 e. The van der Waals surface area contributed by atoms with Crippen molar-refractivity contribution in [3.8, 4) is 5.75 Å². The lowest BCUT2D eigenvalue weighted by Gasteiger charge is -2.30. The standard InChI is InChI=1S/C46H66ClN5O6S/c1-13-45(9,10)32-19-24-39(35(29-32)46(11,12)14-2)58-27-17-18-40(53)49-33-20-22-36(47)38(30-33)51-43(55)41(42(54)44(6,7)8)50-37-23-21-34(28-31(37)5)52(15-3)26-25-48-59(56,57)16-4/h19-24,28-30,48H,13-18,25-27H2,1-12H3,(H,49,53)(H,51,55). The number of nitrogens with one attached hydrogen (secondary N) is 3. The maximum atomic E-state index is 13.8. The first-order valence-electron chi connectivity index (χ1n) is 20.6. The predicted octanol–water partition coefficient (Wildman–Crippen LogP) is 9.91. The molecule has 0 aliphatic heterocycles. The zero-order valence-corrected chi connectivity index (χ0v) is 38.8. The topological polar surface area (TPSA) is 146 Å². The van der Waals surface area contributed by atoms with Gasteiger partial charge in [0.2, 0.25) is 15.9 Å². The molecule has 0 radical (unpaired) electrons. The zero-order valence-electron chi connectivity index (χ0n) is 37.2. The van der Waals surface area contributed by atoms with Gasteiger partial charge in [-0.25, -0.2) is 18.1 Å². The van der Waals surface area contributed by atoms with E-state index in [1.165, 1.54) is 5.56 Å². The smallest absolute Gasteiger partial charge is 0.278 e. The van der Waals surface area contributed by atoms with Crippen molar-refractivity contribution in [2.75, 3.05) is 47.5 Å². The molecule has 0 bridgehead atoms. The minimum absolute atomic E-state index is 0.00629. The molecule has 0 aliphatic rings. The number of nitrogens with zero attached hydrogens (tertiary/aromatic N) is 2. The van der Waals surface area contributed by atoms with Gasteiger partial charge in [0.25, 0.3) is 5.91 Å². The Bertz CT molecular complexity index is 2110. The first-order valence-corrected chi connectivity index (χ1v) is 22.7. The number of likely N-dealkylation sites (N-methyl/N-ethyl adjacent to an activating group) is 1. The van der Waals surface area contributed by atoms with Gasteiger partial charge < -0.3 is 20.3 Å². The molecule has 3 aromatic carbocycles. The van der Waals surface area contributed by atoms with Crippen LogP contribution in [-0.4, -0.2) is 63.7 Å². The molecule has 2 amide bonds. The van der Waals surface area contributed by atoms with Crippen LogP contribution in [0.2, 0.25) is 5.02 Å². The van der Waals surface area contributed by atoms with Crippen LogP contribution in [0.3, 0.4) is 0 Å². The lowest BCUT2D eigenvalue weighted by atomic mass is 9.76. The van der Waals surface area contributed by atoms with Crippen LogP contribution in [0.25, 0.3) is 0 Å². The number of aliphatic imine (C=N–C) groups is 1. The normalized spacial score (nSPS) is 12.6. The van der Waals surface area contributed by atoms with E-state index in [-0.39, 0.29) is 51.9 Å². The minimum Gasteiger partial charge on any atom is -0.493 e. The van der Waals surface area contributed by atoms with E-state index < -0.39 is 27.1 Å². The summed E-state index contributed by atoms with van der Waals surface area (Å²) in [6.45, 7) is 25.5. The Morgan fingerprint density at radius 1 is 0.847 bits per heavy atom. The highest BCUT2D eigenvalue weighted by molar-refractivity contribution is 7.89. The Kier molecular flexibility index (Phi) is 17.3. The molecule has 0 unspecified atom stereocenters. The van der Waals surface area contributed by atoms with Gasteiger partial charge in [0.05, 0.1) is 28.8 Å². The van der Waals surface area contributed by atoms with Gasteiger partial charge >= 0.3 is 0 Å². The fourth-order valence-corrected chi connectivity index (χ4v) is 6.84. The molecule has 0 saturated heterocycles. The van der Waals surface area contributed by atoms with Crippen LogP contribution >= 0.6 is 11.6 Å². The van der Waals surface area contributed by atoms with Crippen molar-refractivity contribution >= 4 is 67.7 Å². The van der Waals surface area contributed by atoms with E-state index in [0.29, 0.717) is 37.5 Å². The van der Waals surface area contributed by atoms with E-state index in [2.05, 4.69) is 80.1 Å². The maximum absolute atomic E-state index is 13.8. The molecule has 324 valence electrons. The molecule has 0 fully saturated rings. The van der Waals surface area contributed by atoms with Gasteiger partial charge in [-0.05, 0) is 104 Å². The number of hydrogen-bond donors (Lipinski definition) is 3. The van der Waals surface area contributed by atoms with Gasteiger partial charge in [-0.3, -0.25) is 14.4 Å². The molecule has 11 nitrogen and oxygen atoms in total. The maximum Gasteiger partial charge on any atom is 0.278 e. The number of rotatable bonds is 21. The summed E-state index contributed by atoms with van der Waals surface area (Å²) in [4.78, 5) is 47.2. The Hall–Kier alpha value is -4.26. The summed E-state index contributed by atoms with van der Waals surface area (Å²) >= 11 is 6.51. The third-order valence-corrected chi connectivity index (χ3v) is 12.7. The van der Waals surface area contributed by atoms with E-state index in [1.807, 2.05) is 30.9 Å². The number of hydrogen-bond acceptors (Lipinski definition) is 8. The molecule has 0 spiro atoms. The van der Waals surface area contributed by atoms with E-state index in [1.54, 1.807) is 52.0 Å². The monoisotopic (exact) mass is 851 g/mol. The quantitative estimate of drug-likeness (QED) is 0.0550. The van der Waals surface area contributed by atoms with E-state index in [4.69, 9.17) is 16.3 Å². The highest BCUT2D eigenvalue weighted by Gasteiger charge is 2.32. The first-order chi connectivity index (χ1) is 27.5. The van der Waals surface area contributed by atoms with Crippen molar-refractivity contribution in [1.29, 1.82) is 0 Å². The van der Waals surface area contributed by atoms with Crippen LogP contribution in [-0.2, 0) is 35.2 Å². The Labute approximate surface area is 358 Å². The summed E-state index contributed by atoms with van der Waals surface area (Å²) in [6, 6.07) is 16.7. The average Bonchev–Trinajstić information content (AvgIpc) is 3.18. The number of carbonyl (C=O) groups is 3. The molecule has 0 aliphatic carbocycles. The van der Waals surface area contributed by atoms with Gasteiger partial charge in [-0.1, -0.05) is 86.0 Å². The summed E-state index contributed by atoms with van der Waals surface area (Å²) in [7, 11) is -3.31. The molecule has 59 heavy (non-hydrogen) atoms. The van der Waals surface area contributed by atoms with Crippen LogP contribution in [0.1, 0.15) is 119 Å². The molecular weight excluding hydrogens is 786 g/mol. The van der Waals surface area contributed by atoms with Crippen molar-refractivity contribution in [2.24, 2.45) is 10.4 Å². The molecule has 0 atom stereocenters.